The molecule has 2 amide bonds. The second kappa shape index (κ2) is 8.50. The first-order valence-electron chi connectivity index (χ1n) is 10.1. The Morgan fingerprint density at radius 3 is 2.43 bits per heavy atom. The number of tetrazole rings is 1. The third-order valence-electron chi connectivity index (χ3n) is 5.89. The van der Waals surface area contributed by atoms with Gasteiger partial charge < -0.3 is 9.80 Å². The van der Waals surface area contributed by atoms with Crippen molar-refractivity contribution in [3.8, 4) is 5.69 Å². The van der Waals surface area contributed by atoms with Crippen LogP contribution in [0, 0.1) is 5.92 Å². The summed E-state index contributed by atoms with van der Waals surface area (Å²) in [5.41, 5.74) is 1.23. The highest BCUT2D eigenvalue weighted by molar-refractivity contribution is 5.97. The molecule has 1 saturated carbocycles. The third kappa shape index (κ3) is 4.05. The Morgan fingerprint density at radius 2 is 1.71 bits per heavy atom. The number of carbonyl (C=O) groups excluding carboxylic acids is 2. The monoisotopic (exact) mass is 382 g/mol. The molecule has 1 aliphatic heterocycles. The number of benzene rings is 1. The highest BCUT2D eigenvalue weighted by Crippen LogP contribution is 2.28. The van der Waals surface area contributed by atoms with Crippen LogP contribution in [0.2, 0.25) is 0 Å². The number of rotatable bonds is 5. The van der Waals surface area contributed by atoms with Crippen LogP contribution < -0.4 is 0 Å². The SMILES string of the molecule is O=C(CCC1CCCC1)N1CCN(C(=O)c2ccccc2-n2cnnn2)CC1. The molecule has 2 heterocycles. The predicted molar refractivity (Wildman–Crippen MR) is 103 cm³/mol. The molecule has 0 N–H and O–H groups in total. The van der Waals surface area contributed by atoms with Crippen LogP contribution in [-0.4, -0.2) is 68.0 Å². The maximum Gasteiger partial charge on any atom is 0.256 e. The van der Waals surface area contributed by atoms with Crippen LogP contribution in [0.3, 0.4) is 0 Å². The van der Waals surface area contributed by atoms with Gasteiger partial charge in [0, 0.05) is 32.6 Å². The van der Waals surface area contributed by atoms with E-state index in [1.807, 2.05) is 28.0 Å². The summed E-state index contributed by atoms with van der Waals surface area (Å²) in [6.45, 7) is 2.31. The third-order valence-corrected chi connectivity index (χ3v) is 5.89. The second-order valence-electron chi connectivity index (χ2n) is 7.63. The van der Waals surface area contributed by atoms with E-state index < -0.39 is 0 Å². The van der Waals surface area contributed by atoms with E-state index in [2.05, 4.69) is 15.5 Å². The molecule has 2 aliphatic rings. The molecule has 0 spiro atoms. The number of hydrogen-bond donors (Lipinski definition) is 0. The van der Waals surface area contributed by atoms with Crippen molar-refractivity contribution >= 4 is 11.8 Å². The number of hydrogen-bond acceptors (Lipinski definition) is 5. The lowest BCUT2D eigenvalue weighted by molar-refractivity contribution is -0.133. The van der Waals surface area contributed by atoms with E-state index in [9.17, 15) is 9.59 Å². The molecule has 8 heteroatoms. The molecule has 1 aromatic heterocycles. The van der Waals surface area contributed by atoms with E-state index in [1.165, 1.54) is 36.7 Å². The molecule has 0 bridgehead atoms. The van der Waals surface area contributed by atoms with Gasteiger partial charge in [-0.2, -0.15) is 4.68 Å². The minimum atomic E-state index is -0.0517. The van der Waals surface area contributed by atoms with Crippen molar-refractivity contribution in [2.45, 2.75) is 38.5 Å². The summed E-state index contributed by atoms with van der Waals surface area (Å²) in [7, 11) is 0. The topological polar surface area (TPSA) is 84.2 Å². The van der Waals surface area contributed by atoms with E-state index >= 15 is 0 Å². The molecule has 1 aromatic carbocycles. The fourth-order valence-electron chi connectivity index (χ4n) is 4.24. The molecule has 1 saturated heterocycles. The van der Waals surface area contributed by atoms with Gasteiger partial charge in [0.1, 0.15) is 6.33 Å². The molecule has 0 radical (unpaired) electrons. The molecule has 8 nitrogen and oxygen atoms in total. The normalized spacial score (nSPS) is 17.9. The summed E-state index contributed by atoms with van der Waals surface area (Å²) in [4.78, 5) is 29.3. The highest BCUT2D eigenvalue weighted by Gasteiger charge is 2.27. The number of piperazine rings is 1. The number of aromatic nitrogens is 4. The van der Waals surface area contributed by atoms with Crippen LogP contribution >= 0.6 is 0 Å². The summed E-state index contributed by atoms with van der Waals surface area (Å²) in [5.74, 6) is 0.909. The maximum atomic E-state index is 13.0. The lowest BCUT2D eigenvalue weighted by atomic mass is 10.0. The standard InChI is InChI=1S/C20H26N6O2/c27-19(10-9-16-5-1-2-6-16)24-11-13-25(14-12-24)20(28)17-7-3-4-8-18(17)26-15-21-22-23-26/h3-4,7-8,15-16H,1-2,5-6,9-14H2. The first-order valence-corrected chi connectivity index (χ1v) is 10.1. The van der Waals surface area contributed by atoms with Crippen molar-refractivity contribution in [3.05, 3.63) is 36.2 Å². The zero-order valence-corrected chi connectivity index (χ0v) is 16.0. The largest absolute Gasteiger partial charge is 0.339 e. The molecule has 28 heavy (non-hydrogen) atoms. The van der Waals surface area contributed by atoms with Crippen molar-refractivity contribution in [3.63, 3.8) is 0 Å². The van der Waals surface area contributed by atoms with Crippen LogP contribution in [0.1, 0.15) is 48.9 Å². The summed E-state index contributed by atoms with van der Waals surface area (Å²) in [6.07, 6.45) is 8.30. The number of nitrogens with zero attached hydrogens (tertiary/aromatic N) is 6. The Bertz CT molecular complexity index is 808. The molecule has 0 atom stereocenters. The summed E-state index contributed by atoms with van der Waals surface area (Å²) in [5, 5.41) is 11.2. The zero-order chi connectivity index (χ0) is 19.3. The lowest BCUT2D eigenvalue weighted by Gasteiger charge is -2.35. The van der Waals surface area contributed by atoms with E-state index in [1.54, 1.807) is 6.07 Å². The van der Waals surface area contributed by atoms with Gasteiger partial charge in [-0.15, -0.1) is 5.10 Å². The molecule has 1 aliphatic carbocycles. The molecule has 2 aromatic rings. The summed E-state index contributed by atoms with van der Waals surface area (Å²) >= 11 is 0. The van der Waals surface area contributed by atoms with Crippen molar-refractivity contribution in [2.24, 2.45) is 5.92 Å². The van der Waals surface area contributed by atoms with Gasteiger partial charge in [-0.1, -0.05) is 37.8 Å². The second-order valence-corrected chi connectivity index (χ2v) is 7.63. The van der Waals surface area contributed by atoms with Crippen LogP contribution in [-0.2, 0) is 4.79 Å². The van der Waals surface area contributed by atoms with Gasteiger partial charge in [-0.05, 0) is 34.9 Å². The van der Waals surface area contributed by atoms with Gasteiger partial charge in [-0.3, -0.25) is 9.59 Å². The molecule has 0 unspecified atom stereocenters. The van der Waals surface area contributed by atoms with Gasteiger partial charge in [0.15, 0.2) is 0 Å². The minimum absolute atomic E-state index is 0.0517. The van der Waals surface area contributed by atoms with Crippen LogP contribution in [0.15, 0.2) is 30.6 Å². The fourth-order valence-corrected chi connectivity index (χ4v) is 4.24. The number of carbonyl (C=O) groups is 2. The van der Waals surface area contributed by atoms with Crippen LogP contribution in [0.5, 0.6) is 0 Å². The van der Waals surface area contributed by atoms with Crippen LogP contribution in [0.25, 0.3) is 5.69 Å². The van der Waals surface area contributed by atoms with Gasteiger partial charge in [0.25, 0.3) is 5.91 Å². The predicted octanol–water partition coefficient (Wildman–Crippen LogP) is 1.92. The maximum absolute atomic E-state index is 13.0. The molecule has 148 valence electrons. The number of para-hydroxylation sites is 1. The first-order chi connectivity index (χ1) is 13.7. The Balaban J connectivity index is 1.34. The number of amides is 2. The Hall–Kier alpha value is -2.77. The smallest absolute Gasteiger partial charge is 0.256 e. The Labute approximate surface area is 164 Å². The van der Waals surface area contributed by atoms with Crippen molar-refractivity contribution < 1.29 is 9.59 Å². The minimum Gasteiger partial charge on any atom is -0.339 e. The molecular weight excluding hydrogens is 356 g/mol. The van der Waals surface area contributed by atoms with Crippen molar-refractivity contribution in [1.29, 1.82) is 0 Å². The van der Waals surface area contributed by atoms with Crippen molar-refractivity contribution in [2.75, 3.05) is 26.2 Å². The average Bonchev–Trinajstić information content (AvgIpc) is 3.46. The average molecular weight is 382 g/mol. The van der Waals surface area contributed by atoms with Gasteiger partial charge in [0.2, 0.25) is 5.91 Å². The quantitative estimate of drug-likeness (QED) is 0.789. The van der Waals surface area contributed by atoms with Crippen molar-refractivity contribution in [1.82, 2.24) is 30.0 Å². The molecule has 2 fully saturated rings. The first kappa shape index (κ1) is 18.6. The molecule has 4 rings (SSSR count). The van der Waals surface area contributed by atoms with E-state index in [0.717, 1.165) is 12.3 Å². The van der Waals surface area contributed by atoms with Gasteiger partial charge in [0.05, 0.1) is 11.3 Å². The molecular formula is C20H26N6O2. The highest BCUT2D eigenvalue weighted by atomic mass is 16.2. The Morgan fingerprint density at radius 1 is 1.00 bits per heavy atom. The Kier molecular flexibility index (Phi) is 5.64. The zero-order valence-electron chi connectivity index (χ0n) is 16.0. The summed E-state index contributed by atoms with van der Waals surface area (Å²) < 4.78 is 1.50. The fraction of sp³-hybridized carbons (Fsp3) is 0.550. The summed E-state index contributed by atoms with van der Waals surface area (Å²) in [6, 6.07) is 7.31. The van der Waals surface area contributed by atoms with Gasteiger partial charge >= 0.3 is 0 Å². The van der Waals surface area contributed by atoms with E-state index in [-0.39, 0.29) is 11.8 Å². The lowest BCUT2D eigenvalue weighted by Crippen LogP contribution is -2.50. The van der Waals surface area contributed by atoms with E-state index in [4.69, 9.17) is 0 Å². The van der Waals surface area contributed by atoms with Crippen LogP contribution in [0.4, 0.5) is 0 Å². The van der Waals surface area contributed by atoms with Gasteiger partial charge in [-0.25, -0.2) is 0 Å². The van der Waals surface area contributed by atoms with E-state index in [0.29, 0.717) is 43.9 Å².